The molecule has 1 aromatic carbocycles. The van der Waals surface area contributed by atoms with Crippen LogP contribution in [0.3, 0.4) is 0 Å². The molecule has 1 aliphatic heterocycles. The second-order valence-electron chi connectivity index (χ2n) is 4.71. The van der Waals surface area contributed by atoms with Gasteiger partial charge in [0.2, 0.25) is 0 Å². The van der Waals surface area contributed by atoms with E-state index in [-0.39, 0.29) is 0 Å². The van der Waals surface area contributed by atoms with Gasteiger partial charge in [0.25, 0.3) is 0 Å². The summed E-state index contributed by atoms with van der Waals surface area (Å²) in [7, 11) is 0. The monoisotopic (exact) mass is 337 g/mol. The van der Waals surface area contributed by atoms with Gasteiger partial charge in [-0.1, -0.05) is 11.6 Å². The molecule has 1 aliphatic rings. The van der Waals surface area contributed by atoms with Crippen LogP contribution in [0.2, 0.25) is 5.15 Å². The van der Waals surface area contributed by atoms with E-state index in [1.807, 2.05) is 0 Å². The van der Waals surface area contributed by atoms with Crippen molar-refractivity contribution in [2.24, 2.45) is 0 Å². The van der Waals surface area contributed by atoms with E-state index in [2.05, 4.69) is 33.7 Å². The molecule has 0 saturated heterocycles. The molecule has 2 heterocycles. The Kier molecular flexibility index (Phi) is 4.90. The smallest absolute Gasteiger partial charge is 0.162 e. The van der Waals surface area contributed by atoms with E-state index in [0.29, 0.717) is 18.4 Å². The van der Waals surface area contributed by atoms with Crippen LogP contribution < -0.4 is 14.8 Å². The molecular weight excluding hydrogens is 322 g/mol. The highest BCUT2D eigenvalue weighted by atomic mass is 35.5. The van der Waals surface area contributed by atoms with Crippen LogP contribution in [-0.4, -0.2) is 36.0 Å². The number of aromatic nitrogens is 2. The molecule has 0 amide bonds. The highest BCUT2D eigenvalue weighted by molar-refractivity contribution is 7.98. The molecule has 1 N–H and O–H groups in total. The number of nitrogens with zero attached hydrogens (tertiary/aromatic N) is 2. The zero-order chi connectivity index (χ0) is 15.4. The van der Waals surface area contributed by atoms with E-state index < -0.39 is 0 Å². The van der Waals surface area contributed by atoms with Gasteiger partial charge >= 0.3 is 0 Å². The summed E-state index contributed by atoms with van der Waals surface area (Å²) < 4.78 is 11.3. The van der Waals surface area contributed by atoms with Crippen molar-refractivity contribution in [2.75, 3.05) is 31.3 Å². The first-order chi connectivity index (χ1) is 10.8. The van der Waals surface area contributed by atoms with Gasteiger partial charge in [-0.2, -0.15) is 0 Å². The maximum Gasteiger partial charge on any atom is 0.162 e. The van der Waals surface area contributed by atoms with Crippen molar-refractivity contribution in [3.05, 3.63) is 35.2 Å². The summed E-state index contributed by atoms with van der Waals surface area (Å²) in [5.74, 6) is 2.38. The topological polar surface area (TPSA) is 56.3 Å². The summed E-state index contributed by atoms with van der Waals surface area (Å²) in [6, 6.07) is 5.83. The van der Waals surface area contributed by atoms with Crippen molar-refractivity contribution in [3.8, 4) is 11.5 Å². The number of thioether (sulfide) groups is 1. The van der Waals surface area contributed by atoms with E-state index in [0.717, 1.165) is 30.3 Å². The molecular formula is C15H16ClN3O2S. The van der Waals surface area contributed by atoms with Gasteiger partial charge in [0.05, 0.1) is 0 Å². The number of hydrogen-bond donors (Lipinski definition) is 1. The minimum atomic E-state index is 0.432. The molecule has 0 bridgehead atoms. The van der Waals surface area contributed by atoms with Gasteiger partial charge in [-0.3, -0.25) is 0 Å². The van der Waals surface area contributed by atoms with E-state index in [1.165, 1.54) is 16.8 Å². The number of benzene rings is 1. The molecule has 0 fully saturated rings. The van der Waals surface area contributed by atoms with Gasteiger partial charge in [-0.15, -0.1) is 11.8 Å². The Balaban J connectivity index is 1.69. The van der Waals surface area contributed by atoms with Crippen molar-refractivity contribution in [1.29, 1.82) is 0 Å². The number of halogens is 1. The van der Waals surface area contributed by atoms with Crippen LogP contribution in [0.5, 0.6) is 11.5 Å². The fourth-order valence-electron chi connectivity index (χ4n) is 2.25. The number of ether oxygens (including phenoxy) is 2. The van der Waals surface area contributed by atoms with Crippen molar-refractivity contribution in [1.82, 2.24) is 9.97 Å². The third-order valence-corrected chi connectivity index (χ3v) is 4.31. The van der Waals surface area contributed by atoms with Gasteiger partial charge in [0, 0.05) is 17.5 Å². The van der Waals surface area contributed by atoms with E-state index >= 15 is 0 Å². The Morgan fingerprint density at radius 2 is 1.95 bits per heavy atom. The van der Waals surface area contributed by atoms with Gasteiger partial charge in [0.1, 0.15) is 30.5 Å². The molecule has 1 aromatic heterocycles. The van der Waals surface area contributed by atoms with Crippen LogP contribution in [0.1, 0.15) is 5.56 Å². The van der Waals surface area contributed by atoms with Crippen molar-refractivity contribution in [2.45, 2.75) is 11.3 Å². The molecule has 3 rings (SSSR count). The number of nitrogens with one attached hydrogen (secondary N) is 1. The maximum atomic E-state index is 5.84. The molecule has 7 heteroatoms. The lowest BCUT2D eigenvalue weighted by molar-refractivity contribution is 0.171. The first-order valence-electron chi connectivity index (χ1n) is 6.94. The molecule has 5 nitrogen and oxygen atoms in total. The minimum absolute atomic E-state index is 0.432. The summed E-state index contributed by atoms with van der Waals surface area (Å²) in [6.07, 6.45) is 4.36. The van der Waals surface area contributed by atoms with Gasteiger partial charge < -0.3 is 14.8 Å². The number of rotatable bonds is 5. The fourth-order valence-corrected chi connectivity index (χ4v) is 3.05. The van der Waals surface area contributed by atoms with Gasteiger partial charge in [-0.05, 0) is 30.4 Å². The predicted molar refractivity (Wildman–Crippen MR) is 88.4 cm³/mol. The third kappa shape index (κ3) is 3.56. The Labute approximate surface area is 138 Å². The number of hydrogen-bond acceptors (Lipinski definition) is 6. The van der Waals surface area contributed by atoms with E-state index in [9.17, 15) is 0 Å². The summed E-state index contributed by atoms with van der Waals surface area (Å²) >= 11 is 7.55. The number of anilines is 1. The Morgan fingerprint density at radius 1 is 1.18 bits per heavy atom. The first-order valence-corrected chi connectivity index (χ1v) is 8.54. The Hall–Kier alpha value is -1.66. The summed E-state index contributed by atoms with van der Waals surface area (Å²) in [6.45, 7) is 1.96. The highest BCUT2D eigenvalue weighted by Gasteiger charge is 2.15. The lowest BCUT2D eigenvalue weighted by atomic mass is 10.1. The first kappa shape index (κ1) is 15.2. The van der Waals surface area contributed by atoms with Crippen LogP contribution >= 0.6 is 23.4 Å². The molecule has 22 heavy (non-hydrogen) atoms. The normalized spacial score (nSPS) is 13.0. The predicted octanol–water partition coefficient (Wildman–Crippen LogP) is 3.28. The minimum Gasteiger partial charge on any atom is -0.486 e. The third-order valence-electron chi connectivity index (χ3n) is 3.28. The lowest BCUT2D eigenvalue weighted by Gasteiger charge is -2.20. The van der Waals surface area contributed by atoms with Gasteiger partial charge in [0.15, 0.2) is 11.5 Å². The molecule has 0 aliphatic carbocycles. The molecule has 0 spiro atoms. The molecule has 2 aromatic rings. The molecule has 116 valence electrons. The lowest BCUT2D eigenvalue weighted by Crippen LogP contribution is -2.16. The van der Waals surface area contributed by atoms with Crippen LogP contribution in [0.15, 0.2) is 29.4 Å². The van der Waals surface area contributed by atoms with Crippen LogP contribution in [0, 0.1) is 0 Å². The summed E-state index contributed by atoms with van der Waals surface area (Å²) in [5, 5.41) is 3.68. The second-order valence-corrected chi connectivity index (χ2v) is 5.95. The van der Waals surface area contributed by atoms with Crippen molar-refractivity contribution in [3.63, 3.8) is 0 Å². The Bertz CT molecular complexity index is 669. The average Bonchev–Trinajstić information content (AvgIpc) is 2.54. The number of fused-ring (bicyclic) bond motifs is 1. The van der Waals surface area contributed by atoms with Gasteiger partial charge in [-0.25, -0.2) is 9.97 Å². The van der Waals surface area contributed by atoms with Crippen molar-refractivity contribution < 1.29 is 9.47 Å². The zero-order valence-corrected chi connectivity index (χ0v) is 13.7. The summed E-state index contributed by atoms with van der Waals surface area (Å²) in [5.41, 5.74) is 1.23. The van der Waals surface area contributed by atoms with Crippen LogP contribution in [0.25, 0.3) is 0 Å². The van der Waals surface area contributed by atoms with Crippen LogP contribution in [-0.2, 0) is 6.42 Å². The Morgan fingerprint density at radius 3 is 2.68 bits per heavy atom. The van der Waals surface area contributed by atoms with E-state index in [4.69, 9.17) is 21.1 Å². The molecule has 0 saturated carbocycles. The second kappa shape index (κ2) is 7.07. The summed E-state index contributed by atoms with van der Waals surface area (Å²) in [4.78, 5) is 9.19. The zero-order valence-electron chi connectivity index (χ0n) is 12.1. The molecule has 0 unspecified atom stereocenters. The SMILES string of the molecule is CSc1cc2c(cc1CCNc1cc(Cl)ncn1)OCCO2. The quantitative estimate of drug-likeness (QED) is 0.667. The largest absolute Gasteiger partial charge is 0.486 e. The van der Waals surface area contributed by atoms with E-state index in [1.54, 1.807) is 17.8 Å². The highest BCUT2D eigenvalue weighted by Crippen LogP contribution is 2.36. The maximum absolute atomic E-state index is 5.84. The standard InChI is InChI=1S/C15H16ClN3O2S/c1-22-13-7-12-11(20-4-5-21-12)6-10(13)2-3-17-15-8-14(16)18-9-19-15/h6-9H,2-5H2,1H3,(H,17,18,19). The fraction of sp³-hybridized carbons (Fsp3) is 0.333. The van der Waals surface area contributed by atoms with Crippen LogP contribution in [0.4, 0.5) is 5.82 Å². The molecule has 0 atom stereocenters. The molecule has 0 radical (unpaired) electrons. The average molecular weight is 338 g/mol. The van der Waals surface area contributed by atoms with Crippen molar-refractivity contribution >= 4 is 29.2 Å².